The number of carboxylic acid groups (broad SMARTS) is 1. The summed E-state index contributed by atoms with van der Waals surface area (Å²) in [5, 5.41) is 61.7. The molecule has 1 aromatic heterocycles. The molecule has 1 saturated heterocycles. The van der Waals surface area contributed by atoms with E-state index in [0.29, 0.717) is 47.0 Å². The number of rotatable bonds is 30. The van der Waals surface area contributed by atoms with Crippen LogP contribution >= 0.6 is 11.6 Å². The van der Waals surface area contributed by atoms with Gasteiger partial charge in [-0.05, 0) is 61.7 Å². The van der Waals surface area contributed by atoms with E-state index in [1.54, 1.807) is 48.8 Å². The summed E-state index contributed by atoms with van der Waals surface area (Å²) in [6, 6.07) is 15.5. The number of aliphatic hydroxyl groups excluding tert-OH is 3. The van der Waals surface area contributed by atoms with Crippen molar-refractivity contribution in [1.82, 2.24) is 15.5 Å². The summed E-state index contributed by atoms with van der Waals surface area (Å²) >= 11 is 5.92. The van der Waals surface area contributed by atoms with Crippen LogP contribution in [-0.2, 0) is 49.5 Å². The highest BCUT2D eigenvalue weighted by Gasteiger charge is 2.49. The number of guanidine groups is 1. The van der Waals surface area contributed by atoms with Crippen LogP contribution in [0.5, 0.6) is 11.5 Å². The van der Waals surface area contributed by atoms with Gasteiger partial charge < -0.3 is 64.8 Å². The van der Waals surface area contributed by atoms with Crippen LogP contribution in [-0.4, -0.2) is 157 Å². The Bertz CT molecular complexity index is 2450. The second-order valence-corrected chi connectivity index (χ2v) is 17.3. The Labute approximate surface area is 425 Å². The number of aliphatic imine (C=N–C) groups is 1. The Kier molecular flexibility index (Phi) is 21.7. The number of halogens is 1. The lowest BCUT2D eigenvalue weighted by Gasteiger charge is -2.38. The summed E-state index contributed by atoms with van der Waals surface area (Å²) in [6.07, 6.45) is -0.0326. The van der Waals surface area contributed by atoms with E-state index in [1.807, 2.05) is 22.9 Å². The Balaban J connectivity index is 0.929. The first-order valence-corrected chi connectivity index (χ1v) is 24.1. The second-order valence-electron chi connectivity index (χ2n) is 16.9. The lowest BCUT2D eigenvalue weighted by Crippen LogP contribution is -2.61. The van der Waals surface area contributed by atoms with Crippen LogP contribution in [0.4, 0.5) is 11.4 Å². The number of carbonyl (C=O) groups is 5. The molecule has 6 rings (SSSR count). The molecule has 24 heteroatoms. The number of carbonyl (C=O) groups excluding carboxylic acids is 4. The molecular weight excluding hydrogens is 976 g/mol. The maximum atomic E-state index is 13.2. The van der Waals surface area contributed by atoms with E-state index in [4.69, 9.17) is 40.0 Å². The summed E-state index contributed by atoms with van der Waals surface area (Å²) in [5.41, 5.74) is 2.61. The number of aromatic nitrogens is 1. The highest BCUT2D eigenvalue weighted by atomic mass is 35.5. The van der Waals surface area contributed by atoms with Crippen molar-refractivity contribution in [3.63, 3.8) is 0 Å². The number of likely N-dealkylation sites (tertiary alicyclic amines) is 1. The minimum Gasteiger partial charge on any atom is -0.494 e. The molecule has 8 N–H and O–H groups in total. The van der Waals surface area contributed by atoms with Gasteiger partial charge in [0.2, 0.25) is 24.1 Å². The minimum absolute atomic E-state index is 0.0174. The van der Waals surface area contributed by atoms with Crippen LogP contribution in [0.3, 0.4) is 0 Å². The van der Waals surface area contributed by atoms with Gasteiger partial charge in [0.05, 0.1) is 64.2 Å². The number of amides is 4. The standard InChI is InChI=1S/C49H59ClN8O15/c50-32-6-8-34(9-7-32)71-20-4-2-1-3-15-53-49(54-30-51)55-33-12-17-57(18-13-33)29-31-5-10-38(72-48-43(63)41(61)42(62)44(73-48)47(66)67)37(27-31)56-40(60)11-16-52-39(59)14-21-68-23-25-70-26-24-69-22-19-58-45(64)35-28-36(35)46(58)65/h5-10,12-13,17-18,27,41-44,48,61-63H,1-4,11,14-16,19-26,28-29H2,(H4,52,53,54,56,59,60,66,67)/p+1/t41-,42-,43+,44-,48+/m0/s1. The average Bonchev–Trinajstić information content (AvgIpc) is 4.14. The molecular formula is C49H60ClN8O15+. The summed E-state index contributed by atoms with van der Waals surface area (Å²) < 4.78 is 35.0. The van der Waals surface area contributed by atoms with Gasteiger partial charge in [0.25, 0.3) is 11.8 Å². The lowest BCUT2D eigenvalue weighted by molar-refractivity contribution is -0.688. The molecule has 4 amide bonds. The predicted octanol–water partition coefficient (Wildman–Crippen LogP) is 1.38. The van der Waals surface area contributed by atoms with Crippen LogP contribution in [0.15, 0.2) is 83.1 Å². The number of ether oxygens (including phenoxy) is 6. The number of unbranched alkanes of at least 4 members (excludes halogenated alkanes) is 3. The van der Waals surface area contributed by atoms with Crippen molar-refractivity contribution < 1.29 is 77.4 Å². The molecule has 3 heterocycles. The molecule has 0 spiro atoms. The minimum atomic E-state index is -1.94. The Morgan fingerprint density at radius 2 is 1.49 bits per heavy atom. The molecule has 3 aliphatic rings. The third-order valence-corrected chi connectivity index (χ3v) is 11.7. The van der Waals surface area contributed by atoms with E-state index in [0.717, 1.165) is 31.4 Å². The van der Waals surface area contributed by atoms with Gasteiger partial charge in [-0.3, -0.25) is 34.4 Å². The first kappa shape index (κ1) is 55.6. The molecule has 1 fully saturated rings. The van der Waals surface area contributed by atoms with E-state index in [1.165, 1.54) is 11.0 Å². The SMILES string of the molecule is N#CNC(=NCCCCCCOc1ccc(Cl)cc1)Nc1cc[n+](Cc2ccc(O[C@@H]3O[C@H](C(=O)O)[C@@H](O)[C@H](O)[C@H]3O)c(NC(=O)CCNC(=O)CCOCCOCCOCCN3C(=O)C4=C(C4)C3=O)c2)cc1. The highest BCUT2D eigenvalue weighted by molar-refractivity contribution is 6.30. The second kappa shape index (κ2) is 28.5. The Hall–Kier alpha value is -6.75. The van der Waals surface area contributed by atoms with E-state index >= 15 is 0 Å². The number of nitrogens with one attached hydrogen (secondary N) is 4. The molecule has 0 saturated carbocycles. The van der Waals surface area contributed by atoms with Crippen molar-refractivity contribution in [1.29, 1.82) is 5.26 Å². The molecule has 23 nitrogen and oxygen atoms in total. The zero-order chi connectivity index (χ0) is 52.1. The zero-order valence-electron chi connectivity index (χ0n) is 39.9. The van der Waals surface area contributed by atoms with Gasteiger partial charge in [0, 0.05) is 66.2 Å². The normalized spacial score (nSPS) is 19.2. The van der Waals surface area contributed by atoms with Gasteiger partial charge in [-0.15, -0.1) is 0 Å². The number of nitrogens with zero attached hydrogens (tertiary/aromatic N) is 4. The molecule has 73 heavy (non-hydrogen) atoms. The fourth-order valence-corrected chi connectivity index (χ4v) is 7.55. The summed E-state index contributed by atoms with van der Waals surface area (Å²) in [6.45, 7) is 2.84. The number of pyridine rings is 1. The van der Waals surface area contributed by atoms with Crippen molar-refractivity contribution in [2.75, 3.05) is 76.5 Å². The average molecular weight is 1040 g/mol. The van der Waals surface area contributed by atoms with Crippen LogP contribution in [0.2, 0.25) is 5.02 Å². The molecule has 0 radical (unpaired) electrons. The number of hydrogen-bond acceptors (Lipinski definition) is 16. The highest BCUT2D eigenvalue weighted by Crippen LogP contribution is 2.40. The molecule has 2 aliphatic heterocycles. The maximum Gasteiger partial charge on any atom is 0.335 e. The van der Waals surface area contributed by atoms with Crippen molar-refractivity contribution in [3.8, 4) is 17.7 Å². The number of carboxylic acids is 1. The summed E-state index contributed by atoms with van der Waals surface area (Å²) in [4.78, 5) is 67.0. The predicted molar refractivity (Wildman–Crippen MR) is 259 cm³/mol. The number of nitriles is 1. The maximum absolute atomic E-state index is 13.2. The van der Waals surface area contributed by atoms with Crippen molar-refractivity contribution in [3.05, 3.63) is 88.7 Å². The van der Waals surface area contributed by atoms with Gasteiger partial charge >= 0.3 is 5.97 Å². The van der Waals surface area contributed by atoms with Crippen molar-refractivity contribution in [2.45, 2.75) is 82.2 Å². The van der Waals surface area contributed by atoms with Crippen molar-refractivity contribution in [2.24, 2.45) is 4.99 Å². The largest absolute Gasteiger partial charge is 0.494 e. The number of piperidine rings is 1. The molecule has 0 bridgehead atoms. The number of hydrogen-bond donors (Lipinski definition) is 8. The first-order chi connectivity index (χ1) is 35.3. The van der Waals surface area contributed by atoms with Gasteiger partial charge in [0.1, 0.15) is 29.8 Å². The van der Waals surface area contributed by atoms with Gasteiger partial charge in [0.15, 0.2) is 31.2 Å². The topological polar surface area (TPSA) is 313 Å². The van der Waals surface area contributed by atoms with E-state index in [2.05, 4.69) is 26.3 Å². The molecule has 3 aromatic rings. The van der Waals surface area contributed by atoms with E-state index in [9.17, 15) is 49.7 Å². The van der Waals surface area contributed by atoms with Crippen LogP contribution in [0.1, 0.15) is 50.5 Å². The van der Waals surface area contributed by atoms with Crippen LogP contribution in [0, 0.1) is 11.5 Å². The Morgan fingerprint density at radius 1 is 0.808 bits per heavy atom. The number of imide groups is 1. The van der Waals surface area contributed by atoms with Crippen LogP contribution < -0.4 is 35.3 Å². The smallest absolute Gasteiger partial charge is 0.335 e. The van der Waals surface area contributed by atoms with E-state index < -0.39 is 42.6 Å². The first-order valence-electron chi connectivity index (χ1n) is 23.8. The Morgan fingerprint density at radius 3 is 2.19 bits per heavy atom. The molecule has 392 valence electrons. The van der Waals surface area contributed by atoms with Gasteiger partial charge in [-0.1, -0.05) is 18.0 Å². The van der Waals surface area contributed by atoms with Gasteiger partial charge in [-0.2, -0.15) is 5.26 Å². The molecule has 0 unspecified atom stereocenters. The lowest BCUT2D eigenvalue weighted by atomic mass is 9.99. The fraction of sp³-hybridized carbons (Fsp3) is 0.469. The number of anilines is 2. The molecule has 1 aliphatic carbocycles. The number of aliphatic carboxylic acids is 1. The van der Waals surface area contributed by atoms with Crippen LogP contribution in [0.25, 0.3) is 0 Å². The molecule has 2 aromatic carbocycles. The van der Waals surface area contributed by atoms with Crippen molar-refractivity contribution >= 4 is 58.5 Å². The fourth-order valence-electron chi connectivity index (χ4n) is 7.43. The zero-order valence-corrected chi connectivity index (χ0v) is 40.7. The quantitative estimate of drug-likeness (QED) is 0.00890. The van der Waals surface area contributed by atoms with Gasteiger partial charge in [-0.25, -0.2) is 9.36 Å². The molecule has 5 atom stereocenters. The number of aliphatic hydroxyl groups is 3. The summed E-state index contributed by atoms with van der Waals surface area (Å²) in [5.74, 6) is -1.97. The number of benzene rings is 2. The third-order valence-electron chi connectivity index (χ3n) is 11.4. The third kappa shape index (κ3) is 17.5. The summed E-state index contributed by atoms with van der Waals surface area (Å²) in [7, 11) is 0. The van der Waals surface area contributed by atoms with E-state index in [-0.39, 0.29) is 107 Å². The monoisotopic (exact) mass is 1040 g/mol.